The van der Waals surface area contributed by atoms with E-state index in [1.165, 1.54) is 12.8 Å². The van der Waals surface area contributed by atoms with Crippen molar-refractivity contribution in [1.82, 2.24) is 15.4 Å². The van der Waals surface area contributed by atoms with Crippen molar-refractivity contribution in [3.8, 4) is 0 Å². The van der Waals surface area contributed by atoms with Gasteiger partial charge in [-0.1, -0.05) is 0 Å². The number of nitrogens with one attached hydrogen (secondary N) is 2. The van der Waals surface area contributed by atoms with Crippen LogP contribution in [0.2, 0.25) is 0 Å². The Bertz CT molecular complexity index is 545. The van der Waals surface area contributed by atoms with E-state index in [-0.39, 0.29) is 5.91 Å². The number of hydrogen-bond donors (Lipinski definition) is 2. The highest BCUT2D eigenvalue weighted by atomic mass is 16.7. The fourth-order valence-electron chi connectivity index (χ4n) is 1.65. The quantitative estimate of drug-likeness (QED) is 0.786. The molecule has 0 spiro atoms. The van der Waals surface area contributed by atoms with Crippen LogP contribution in [0.25, 0.3) is 11.0 Å². The first-order valence-electron chi connectivity index (χ1n) is 5.68. The zero-order chi connectivity index (χ0) is 11.7. The van der Waals surface area contributed by atoms with Crippen molar-refractivity contribution in [2.24, 2.45) is 5.92 Å². The molecule has 0 saturated heterocycles. The van der Waals surface area contributed by atoms with Crippen LogP contribution in [0.5, 0.6) is 0 Å². The first kappa shape index (κ1) is 10.3. The maximum Gasteiger partial charge on any atom is 0.274 e. The molecule has 2 aromatic rings. The van der Waals surface area contributed by atoms with Gasteiger partial charge in [-0.15, -0.1) is 0 Å². The van der Waals surface area contributed by atoms with Crippen molar-refractivity contribution in [2.75, 3.05) is 6.61 Å². The molecule has 1 amide bonds. The highest BCUT2D eigenvalue weighted by Crippen LogP contribution is 2.28. The number of amides is 1. The number of rotatable bonds is 4. The maximum absolute atomic E-state index is 11.7. The molecule has 17 heavy (non-hydrogen) atoms. The van der Waals surface area contributed by atoms with Gasteiger partial charge in [0, 0.05) is 5.56 Å². The molecule has 1 aromatic heterocycles. The third-order valence-corrected chi connectivity index (χ3v) is 2.86. The summed E-state index contributed by atoms with van der Waals surface area (Å²) in [6, 6.07) is 5.30. The summed E-state index contributed by atoms with van der Waals surface area (Å²) in [5.41, 5.74) is 4.72. The van der Waals surface area contributed by atoms with Gasteiger partial charge in [-0.2, -0.15) is 0 Å². The van der Waals surface area contributed by atoms with Gasteiger partial charge in [0.2, 0.25) is 0 Å². The SMILES string of the molecule is O=C(NOCC1CC1)c1ccc2nc[nH]c2c1. The number of benzene rings is 1. The number of fused-ring (bicyclic) bond motifs is 1. The van der Waals surface area contributed by atoms with Gasteiger partial charge >= 0.3 is 0 Å². The van der Waals surface area contributed by atoms with Crippen LogP contribution in [0, 0.1) is 5.92 Å². The molecule has 1 aliphatic rings. The lowest BCUT2D eigenvalue weighted by Crippen LogP contribution is -2.24. The van der Waals surface area contributed by atoms with Crippen LogP contribution in [0.15, 0.2) is 24.5 Å². The minimum Gasteiger partial charge on any atom is -0.345 e. The van der Waals surface area contributed by atoms with Gasteiger partial charge in [0.1, 0.15) is 0 Å². The molecule has 1 heterocycles. The molecule has 2 N–H and O–H groups in total. The Balaban J connectivity index is 1.66. The Hall–Kier alpha value is -1.88. The largest absolute Gasteiger partial charge is 0.345 e. The van der Waals surface area contributed by atoms with Gasteiger partial charge in [-0.05, 0) is 37.0 Å². The van der Waals surface area contributed by atoms with E-state index in [1.54, 1.807) is 18.5 Å². The van der Waals surface area contributed by atoms with Crippen LogP contribution in [0.3, 0.4) is 0 Å². The molecule has 0 aliphatic heterocycles. The number of carbonyl (C=O) groups is 1. The van der Waals surface area contributed by atoms with Crippen molar-refractivity contribution >= 4 is 16.9 Å². The predicted molar refractivity (Wildman–Crippen MR) is 62.2 cm³/mol. The number of imidazole rings is 1. The number of aromatic amines is 1. The van der Waals surface area contributed by atoms with Crippen LogP contribution >= 0.6 is 0 Å². The third kappa shape index (κ3) is 2.29. The topological polar surface area (TPSA) is 67.0 Å². The lowest BCUT2D eigenvalue weighted by atomic mass is 10.2. The van der Waals surface area contributed by atoms with Crippen LogP contribution in [0.1, 0.15) is 23.2 Å². The Morgan fingerprint density at radius 1 is 1.53 bits per heavy atom. The summed E-state index contributed by atoms with van der Waals surface area (Å²) in [4.78, 5) is 23.9. The van der Waals surface area contributed by atoms with Gasteiger partial charge in [-0.25, -0.2) is 10.5 Å². The van der Waals surface area contributed by atoms with Gasteiger partial charge in [-0.3, -0.25) is 9.63 Å². The molecule has 0 bridgehead atoms. The molecule has 0 atom stereocenters. The van der Waals surface area contributed by atoms with Crippen molar-refractivity contribution in [3.05, 3.63) is 30.1 Å². The minimum atomic E-state index is -0.220. The van der Waals surface area contributed by atoms with Crippen molar-refractivity contribution in [1.29, 1.82) is 0 Å². The minimum absolute atomic E-state index is 0.220. The molecule has 0 radical (unpaired) electrons. The van der Waals surface area contributed by atoms with E-state index in [0.717, 1.165) is 11.0 Å². The summed E-state index contributed by atoms with van der Waals surface area (Å²) < 4.78 is 0. The smallest absolute Gasteiger partial charge is 0.274 e. The average molecular weight is 231 g/mol. The summed E-state index contributed by atoms with van der Waals surface area (Å²) in [7, 11) is 0. The molecular weight excluding hydrogens is 218 g/mol. The first-order valence-corrected chi connectivity index (χ1v) is 5.68. The summed E-state index contributed by atoms with van der Waals surface area (Å²) in [5.74, 6) is 0.410. The second kappa shape index (κ2) is 4.18. The Labute approximate surface area is 98.1 Å². The summed E-state index contributed by atoms with van der Waals surface area (Å²) in [5, 5.41) is 0. The van der Waals surface area contributed by atoms with Crippen LogP contribution in [0.4, 0.5) is 0 Å². The van der Waals surface area contributed by atoms with Crippen LogP contribution in [-0.4, -0.2) is 22.5 Å². The van der Waals surface area contributed by atoms with Crippen LogP contribution < -0.4 is 5.48 Å². The molecule has 5 heteroatoms. The molecule has 1 aromatic carbocycles. The van der Waals surface area contributed by atoms with Gasteiger partial charge in [0.15, 0.2) is 0 Å². The van der Waals surface area contributed by atoms with Crippen molar-refractivity contribution < 1.29 is 9.63 Å². The molecule has 1 aliphatic carbocycles. The molecular formula is C12H13N3O2. The zero-order valence-electron chi connectivity index (χ0n) is 9.27. The lowest BCUT2D eigenvalue weighted by Gasteiger charge is -2.04. The molecule has 1 saturated carbocycles. The van der Waals surface area contributed by atoms with Gasteiger partial charge in [0.05, 0.1) is 24.0 Å². The average Bonchev–Trinajstić information content (AvgIpc) is 3.04. The second-order valence-corrected chi connectivity index (χ2v) is 4.32. The Morgan fingerprint density at radius 3 is 3.24 bits per heavy atom. The van der Waals surface area contributed by atoms with E-state index in [1.807, 2.05) is 6.07 Å². The van der Waals surface area contributed by atoms with Crippen molar-refractivity contribution in [3.63, 3.8) is 0 Å². The first-order chi connectivity index (χ1) is 8.33. The van der Waals surface area contributed by atoms with E-state index in [4.69, 9.17) is 4.84 Å². The molecule has 88 valence electrons. The normalized spacial score (nSPS) is 15.1. The van der Waals surface area contributed by atoms with Gasteiger partial charge in [0.25, 0.3) is 5.91 Å². The molecule has 5 nitrogen and oxygen atoms in total. The monoisotopic (exact) mass is 231 g/mol. The number of carbonyl (C=O) groups excluding carboxylic acids is 1. The van der Waals surface area contributed by atoms with Crippen LogP contribution in [-0.2, 0) is 4.84 Å². The third-order valence-electron chi connectivity index (χ3n) is 2.86. The Morgan fingerprint density at radius 2 is 2.41 bits per heavy atom. The van der Waals surface area contributed by atoms with E-state index in [0.29, 0.717) is 18.1 Å². The lowest BCUT2D eigenvalue weighted by molar-refractivity contribution is 0.0270. The van der Waals surface area contributed by atoms with E-state index >= 15 is 0 Å². The zero-order valence-corrected chi connectivity index (χ0v) is 9.27. The molecule has 1 fully saturated rings. The number of nitrogens with zero attached hydrogens (tertiary/aromatic N) is 1. The highest BCUT2D eigenvalue weighted by molar-refractivity contribution is 5.96. The fourth-order valence-corrected chi connectivity index (χ4v) is 1.65. The highest BCUT2D eigenvalue weighted by Gasteiger charge is 2.21. The van der Waals surface area contributed by atoms with E-state index in [9.17, 15) is 4.79 Å². The van der Waals surface area contributed by atoms with Crippen molar-refractivity contribution in [2.45, 2.75) is 12.8 Å². The van der Waals surface area contributed by atoms with E-state index < -0.39 is 0 Å². The fraction of sp³-hybridized carbons (Fsp3) is 0.333. The summed E-state index contributed by atoms with van der Waals surface area (Å²) >= 11 is 0. The number of aromatic nitrogens is 2. The summed E-state index contributed by atoms with van der Waals surface area (Å²) in [6.45, 7) is 0.609. The number of hydroxylamine groups is 1. The Kier molecular flexibility index (Phi) is 2.53. The maximum atomic E-state index is 11.7. The van der Waals surface area contributed by atoms with Gasteiger partial charge < -0.3 is 4.98 Å². The predicted octanol–water partition coefficient (Wildman–Crippen LogP) is 1.63. The standard InChI is InChI=1S/C12H13N3O2/c16-12(15-17-6-8-1-2-8)9-3-4-10-11(5-9)14-7-13-10/h3-5,7-8H,1-2,6H2,(H,13,14)(H,15,16). The molecule has 3 rings (SSSR count). The number of hydrogen-bond acceptors (Lipinski definition) is 3. The molecule has 0 unspecified atom stereocenters. The summed E-state index contributed by atoms with van der Waals surface area (Å²) in [6.07, 6.45) is 4.02. The second-order valence-electron chi connectivity index (χ2n) is 4.32. The van der Waals surface area contributed by atoms with E-state index in [2.05, 4.69) is 15.4 Å². The number of H-pyrrole nitrogens is 1.